The molecule has 2 fully saturated rings. The summed E-state index contributed by atoms with van der Waals surface area (Å²) in [6, 6.07) is 5.33. The monoisotopic (exact) mass is 346 g/mol. The maximum absolute atomic E-state index is 12.0. The second-order valence-electron chi connectivity index (χ2n) is 7.24. The van der Waals surface area contributed by atoms with Gasteiger partial charge in [-0.05, 0) is 50.2 Å². The Hall–Kier alpha value is -1.95. The molecular weight excluding hydrogens is 320 g/mol. The molecule has 0 atom stereocenters. The SMILES string of the molecule is O=C(NCCCOCC1CC1)Nc1ccc2c(c1)OC1(CCCC1)O2. The molecule has 0 aromatic heterocycles. The number of carbonyl (C=O) groups excluding carboxylic acids is 1. The highest BCUT2D eigenvalue weighted by Gasteiger charge is 2.44. The molecule has 2 saturated carbocycles. The van der Waals surface area contributed by atoms with Crippen LogP contribution in [-0.2, 0) is 4.74 Å². The minimum absolute atomic E-state index is 0.211. The molecule has 2 amide bonds. The van der Waals surface area contributed by atoms with Crippen molar-refractivity contribution in [1.29, 1.82) is 0 Å². The van der Waals surface area contributed by atoms with E-state index in [1.54, 1.807) is 0 Å². The topological polar surface area (TPSA) is 68.8 Å². The number of urea groups is 1. The third-order valence-corrected chi connectivity index (χ3v) is 4.96. The number of amides is 2. The van der Waals surface area contributed by atoms with Crippen LogP contribution in [0.25, 0.3) is 0 Å². The summed E-state index contributed by atoms with van der Waals surface area (Å²) < 4.78 is 17.5. The number of ether oxygens (including phenoxy) is 3. The molecule has 1 aliphatic heterocycles. The van der Waals surface area contributed by atoms with Gasteiger partial charge in [0.25, 0.3) is 5.79 Å². The molecule has 0 saturated heterocycles. The predicted molar refractivity (Wildman–Crippen MR) is 94.1 cm³/mol. The van der Waals surface area contributed by atoms with E-state index in [0.717, 1.165) is 50.4 Å². The van der Waals surface area contributed by atoms with E-state index in [1.807, 2.05) is 18.2 Å². The number of carbonyl (C=O) groups is 1. The van der Waals surface area contributed by atoms with Crippen molar-refractivity contribution in [1.82, 2.24) is 5.32 Å². The Morgan fingerprint density at radius 3 is 2.80 bits per heavy atom. The van der Waals surface area contributed by atoms with Gasteiger partial charge < -0.3 is 24.8 Å². The molecule has 136 valence electrons. The first-order valence-corrected chi connectivity index (χ1v) is 9.37. The lowest BCUT2D eigenvalue weighted by Gasteiger charge is -2.21. The second-order valence-corrected chi connectivity index (χ2v) is 7.24. The van der Waals surface area contributed by atoms with E-state index in [2.05, 4.69) is 10.6 Å². The fraction of sp³-hybridized carbons (Fsp3) is 0.632. The average Bonchev–Trinajstić information content (AvgIpc) is 3.20. The molecule has 1 heterocycles. The zero-order chi connectivity index (χ0) is 17.1. The molecule has 0 bridgehead atoms. The van der Waals surface area contributed by atoms with Crippen molar-refractivity contribution >= 4 is 11.7 Å². The molecule has 6 nitrogen and oxygen atoms in total. The van der Waals surface area contributed by atoms with Crippen molar-refractivity contribution < 1.29 is 19.0 Å². The lowest BCUT2D eigenvalue weighted by atomic mass is 10.2. The Bertz CT molecular complexity index is 624. The second kappa shape index (κ2) is 7.12. The first-order chi connectivity index (χ1) is 12.2. The summed E-state index contributed by atoms with van der Waals surface area (Å²) >= 11 is 0. The molecule has 25 heavy (non-hydrogen) atoms. The summed E-state index contributed by atoms with van der Waals surface area (Å²) in [6.07, 6.45) is 7.54. The van der Waals surface area contributed by atoms with E-state index < -0.39 is 5.79 Å². The lowest BCUT2D eigenvalue weighted by molar-refractivity contribution is -0.0716. The Morgan fingerprint density at radius 1 is 1.20 bits per heavy atom. The summed E-state index contributed by atoms with van der Waals surface area (Å²) in [4.78, 5) is 12.0. The van der Waals surface area contributed by atoms with E-state index in [4.69, 9.17) is 14.2 Å². The zero-order valence-electron chi connectivity index (χ0n) is 14.5. The van der Waals surface area contributed by atoms with Crippen molar-refractivity contribution in [2.75, 3.05) is 25.1 Å². The molecule has 0 radical (unpaired) electrons. The Labute approximate surface area is 148 Å². The van der Waals surface area contributed by atoms with Gasteiger partial charge in [0.2, 0.25) is 0 Å². The number of fused-ring (bicyclic) bond motifs is 1. The number of rotatable bonds is 7. The Balaban J connectivity index is 1.20. The van der Waals surface area contributed by atoms with Gasteiger partial charge in [0.15, 0.2) is 11.5 Å². The van der Waals surface area contributed by atoms with Gasteiger partial charge >= 0.3 is 6.03 Å². The van der Waals surface area contributed by atoms with Gasteiger partial charge in [0.05, 0.1) is 0 Å². The fourth-order valence-corrected chi connectivity index (χ4v) is 3.38. The van der Waals surface area contributed by atoms with Crippen molar-refractivity contribution in [3.63, 3.8) is 0 Å². The molecule has 1 aromatic rings. The molecule has 0 unspecified atom stereocenters. The summed E-state index contributed by atoms with van der Waals surface area (Å²) in [5.74, 6) is 1.79. The van der Waals surface area contributed by atoms with Gasteiger partial charge in [-0.25, -0.2) is 4.79 Å². The van der Waals surface area contributed by atoms with Crippen LogP contribution in [0, 0.1) is 5.92 Å². The van der Waals surface area contributed by atoms with Crippen LogP contribution in [0.15, 0.2) is 18.2 Å². The molecule has 3 aliphatic rings. The molecule has 2 aliphatic carbocycles. The third-order valence-electron chi connectivity index (χ3n) is 4.96. The summed E-state index contributed by atoms with van der Waals surface area (Å²) in [5.41, 5.74) is 0.708. The van der Waals surface area contributed by atoms with Gasteiger partial charge in [-0.15, -0.1) is 0 Å². The smallest absolute Gasteiger partial charge is 0.319 e. The van der Waals surface area contributed by atoms with E-state index >= 15 is 0 Å². The summed E-state index contributed by atoms with van der Waals surface area (Å²) in [6.45, 7) is 2.16. The number of hydrogen-bond acceptors (Lipinski definition) is 4. The normalized spacial score (nSPS) is 20.0. The maximum atomic E-state index is 12.0. The number of anilines is 1. The largest absolute Gasteiger partial charge is 0.448 e. The first kappa shape index (κ1) is 16.5. The van der Waals surface area contributed by atoms with Gasteiger partial charge in [-0.1, -0.05) is 0 Å². The number of hydrogen-bond donors (Lipinski definition) is 2. The molecular formula is C19H26N2O4. The molecule has 4 rings (SSSR count). The van der Waals surface area contributed by atoms with Gasteiger partial charge in [0, 0.05) is 44.4 Å². The summed E-state index contributed by atoms with van der Waals surface area (Å²) in [7, 11) is 0. The molecule has 1 aromatic carbocycles. The zero-order valence-corrected chi connectivity index (χ0v) is 14.5. The van der Waals surface area contributed by atoms with E-state index in [9.17, 15) is 4.79 Å². The van der Waals surface area contributed by atoms with Crippen LogP contribution in [-0.4, -0.2) is 31.6 Å². The van der Waals surface area contributed by atoms with Crippen LogP contribution in [0.1, 0.15) is 44.9 Å². The van der Waals surface area contributed by atoms with E-state index in [-0.39, 0.29) is 6.03 Å². The average molecular weight is 346 g/mol. The minimum Gasteiger partial charge on any atom is -0.448 e. The number of nitrogens with one attached hydrogen (secondary N) is 2. The van der Waals surface area contributed by atoms with E-state index in [1.165, 1.54) is 12.8 Å². The van der Waals surface area contributed by atoms with Crippen LogP contribution < -0.4 is 20.1 Å². The third kappa shape index (κ3) is 4.18. The lowest BCUT2D eigenvalue weighted by Crippen LogP contribution is -2.34. The first-order valence-electron chi connectivity index (χ1n) is 9.37. The van der Waals surface area contributed by atoms with Gasteiger partial charge in [-0.3, -0.25) is 0 Å². The minimum atomic E-state index is -0.469. The Morgan fingerprint density at radius 2 is 2.00 bits per heavy atom. The van der Waals surface area contributed by atoms with Crippen LogP contribution in [0.3, 0.4) is 0 Å². The van der Waals surface area contributed by atoms with Crippen LogP contribution in [0.5, 0.6) is 11.5 Å². The standard InChI is InChI=1S/C19H26N2O4/c22-18(20-10-3-11-23-13-14-4-5-14)21-15-6-7-16-17(12-15)25-19(24-16)8-1-2-9-19/h6-7,12,14H,1-5,8-11,13H2,(H2,20,21,22). The van der Waals surface area contributed by atoms with Crippen LogP contribution in [0.2, 0.25) is 0 Å². The van der Waals surface area contributed by atoms with Crippen LogP contribution >= 0.6 is 0 Å². The Kier molecular flexibility index (Phi) is 4.70. The van der Waals surface area contributed by atoms with Crippen molar-refractivity contribution in [3.8, 4) is 11.5 Å². The highest BCUT2D eigenvalue weighted by Crippen LogP contribution is 2.47. The molecule has 6 heteroatoms. The predicted octanol–water partition coefficient (Wildman–Crippen LogP) is 3.67. The summed E-state index contributed by atoms with van der Waals surface area (Å²) in [5, 5.41) is 5.69. The van der Waals surface area contributed by atoms with Gasteiger partial charge in [-0.2, -0.15) is 0 Å². The fourth-order valence-electron chi connectivity index (χ4n) is 3.38. The van der Waals surface area contributed by atoms with Crippen molar-refractivity contribution in [2.45, 2.75) is 50.7 Å². The maximum Gasteiger partial charge on any atom is 0.319 e. The highest BCUT2D eigenvalue weighted by atomic mass is 16.7. The van der Waals surface area contributed by atoms with Gasteiger partial charge in [0.1, 0.15) is 0 Å². The quantitative estimate of drug-likeness (QED) is 0.739. The van der Waals surface area contributed by atoms with Crippen LogP contribution in [0.4, 0.5) is 10.5 Å². The van der Waals surface area contributed by atoms with Crippen molar-refractivity contribution in [2.24, 2.45) is 5.92 Å². The van der Waals surface area contributed by atoms with Crippen molar-refractivity contribution in [3.05, 3.63) is 18.2 Å². The highest BCUT2D eigenvalue weighted by molar-refractivity contribution is 5.89. The number of benzene rings is 1. The molecule has 1 spiro atoms. The molecule has 2 N–H and O–H groups in total. The van der Waals surface area contributed by atoms with E-state index in [0.29, 0.717) is 24.6 Å².